The quantitative estimate of drug-likeness (QED) is 0.814. The first-order valence-corrected chi connectivity index (χ1v) is 7.68. The third kappa shape index (κ3) is 2.18. The molecule has 3 atom stereocenters. The van der Waals surface area contributed by atoms with Crippen molar-refractivity contribution in [3.8, 4) is 0 Å². The molecule has 0 aromatic carbocycles. The zero-order chi connectivity index (χ0) is 12.7. The van der Waals surface area contributed by atoms with Crippen LogP contribution in [-0.2, 0) is 4.79 Å². The summed E-state index contributed by atoms with van der Waals surface area (Å²) < 4.78 is 0. The number of hydrogen-bond donors (Lipinski definition) is 1. The van der Waals surface area contributed by atoms with Crippen molar-refractivity contribution in [3.63, 3.8) is 0 Å². The van der Waals surface area contributed by atoms with Crippen LogP contribution in [0.25, 0.3) is 0 Å². The van der Waals surface area contributed by atoms with Gasteiger partial charge in [-0.1, -0.05) is 6.92 Å². The lowest BCUT2D eigenvalue weighted by molar-refractivity contribution is -0.137. The van der Waals surface area contributed by atoms with Crippen LogP contribution >= 0.6 is 0 Å². The van der Waals surface area contributed by atoms with E-state index in [1.54, 1.807) is 0 Å². The van der Waals surface area contributed by atoms with Gasteiger partial charge in [0.2, 0.25) is 5.91 Å². The second-order valence-corrected chi connectivity index (χ2v) is 6.75. The van der Waals surface area contributed by atoms with Crippen molar-refractivity contribution in [1.82, 2.24) is 10.2 Å². The van der Waals surface area contributed by atoms with Crippen molar-refractivity contribution in [1.29, 1.82) is 0 Å². The average molecular weight is 250 g/mol. The van der Waals surface area contributed by atoms with Gasteiger partial charge in [-0.3, -0.25) is 4.79 Å². The largest absolute Gasteiger partial charge is 0.342 e. The third-order valence-corrected chi connectivity index (χ3v) is 5.50. The van der Waals surface area contributed by atoms with Gasteiger partial charge in [0.05, 0.1) is 5.92 Å². The van der Waals surface area contributed by atoms with E-state index in [9.17, 15) is 4.79 Å². The molecule has 2 heterocycles. The van der Waals surface area contributed by atoms with Gasteiger partial charge in [-0.25, -0.2) is 0 Å². The molecule has 0 radical (unpaired) electrons. The van der Waals surface area contributed by atoms with Crippen LogP contribution < -0.4 is 5.32 Å². The third-order valence-electron chi connectivity index (χ3n) is 5.50. The Morgan fingerprint density at radius 1 is 1.11 bits per heavy atom. The smallest absolute Gasteiger partial charge is 0.227 e. The van der Waals surface area contributed by atoms with Crippen LogP contribution in [0, 0.1) is 11.8 Å². The molecule has 3 rings (SSSR count). The molecule has 1 N–H and O–H groups in total. The fraction of sp³-hybridized carbons (Fsp3) is 0.933. The first kappa shape index (κ1) is 12.5. The van der Waals surface area contributed by atoms with Crippen LogP contribution in [0.4, 0.5) is 0 Å². The summed E-state index contributed by atoms with van der Waals surface area (Å²) in [5, 5.41) is 3.58. The summed E-state index contributed by atoms with van der Waals surface area (Å²) in [7, 11) is 2.04. The van der Waals surface area contributed by atoms with Crippen LogP contribution in [0.3, 0.4) is 0 Å². The molecule has 0 aromatic rings. The molecule has 2 aliphatic heterocycles. The van der Waals surface area contributed by atoms with Crippen LogP contribution in [0.1, 0.15) is 51.9 Å². The number of nitrogens with one attached hydrogen (secondary N) is 1. The Labute approximate surface area is 110 Å². The lowest BCUT2D eigenvalue weighted by Crippen LogP contribution is -2.45. The van der Waals surface area contributed by atoms with Crippen molar-refractivity contribution >= 4 is 5.91 Å². The first-order valence-electron chi connectivity index (χ1n) is 7.68. The van der Waals surface area contributed by atoms with Gasteiger partial charge in [-0.2, -0.15) is 0 Å². The number of carbonyl (C=O) groups is 1. The molecule has 3 unspecified atom stereocenters. The highest BCUT2D eigenvalue weighted by Gasteiger charge is 2.44. The highest BCUT2D eigenvalue weighted by molar-refractivity contribution is 5.80. The minimum atomic E-state index is 0.271. The van der Waals surface area contributed by atoms with Gasteiger partial charge in [0.1, 0.15) is 0 Å². The molecule has 3 heteroatoms. The maximum atomic E-state index is 12.6. The minimum absolute atomic E-state index is 0.271. The van der Waals surface area contributed by atoms with E-state index >= 15 is 0 Å². The van der Waals surface area contributed by atoms with Gasteiger partial charge in [0.25, 0.3) is 0 Å². The molecule has 1 saturated carbocycles. The lowest BCUT2D eigenvalue weighted by atomic mass is 9.84. The van der Waals surface area contributed by atoms with Crippen LogP contribution in [-0.4, -0.2) is 36.0 Å². The van der Waals surface area contributed by atoms with Gasteiger partial charge in [-0.15, -0.1) is 0 Å². The normalized spacial score (nSPS) is 43.1. The number of nitrogens with zero attached hydrogens (tertiary/aromatic N) is 1. The summed E-state index contributed by atoms with van der Waals surface area (Å²) in [4.78, 5) is 14.7. The molecule has 1 aliphatic carbocycles. The van der Waals surface area contributed by atoms with E-state index in [2.05, 4.69) is 17.1 Å². The predicted molar refractivity (Wildman–Crippen MR) is 72.2 cm³/mol. The number of amides is 1. The molecule has 1 amide bonds. The Morgan fingerprint density at radius 2 is 1.83 bits per heavy atom. The van der Waals surface area contributed by atoms with Gasteiger partial charge >= 0.3 is 0 Å². The molecule has 3 aliphatic rings. The number of carbonyl (C=O) groups excluding carboxylic acids is 1. The zero-order valence-electron chi connectivity index (χ0n) is 11.7. The topological polar surface area (TPSA) is 32.3 Å². The Kier molecular flexibility index (Phi) is 3.35. The van der Waals surface area contributed by atoms with E-state index < -0.39 is 0 Å². The highest BCUT2D eigenvalue weighted by atomic mass is 16.2. The SMILES string of the molecule is CC1CCC(N(C)C(=O)C2CC3CCC2N3)CC1. The van der Waals surface area contributed by atoms with E-state index in [-0.39, 0.29) is 5.92 Å². The molecule has 3 nitrogen and oxygen atoms in total. The van der Waals surface area contributed by atoms with Gasteiger partial charge < -0.3 is 10.2 Å². The summed E-state index contributed by atoms with van der Waals surface area (Å²) in [6.45, 7) is 2.33. The summed E-state index contributed by atoms with van der Waals surface area (Å²) >= 11 is 0. The Hall–Kier alpha value is -0.570. The van der Waals surface area contributed by atoms with Crippen molar-refractivity contribution in [2.24, 2.45) is 11.8 Å². The zero-order valence-corrected chi connectivity index (χ0v) is 11.7. The van der Waals surface area contributed by atoms with E-state index in [0.29, 0.717) is 24.0 Å². The molecule has 3 fully saturated rings. The average Bonchev–Trinajstić information content (AvgIpc) is 3.00. The Bertz CT molecular complexity index is 322. The van der Waals surface area contributed by atoms with Crippen molar-refractivity contribution < 1.29 is 4.79 Å². The molecule has 0 aromatic heterocycles. The molecule has 2 saturated heterocycles. The maximum absolute atomic E-state index is 12.6. The molecular formula is C15H26N2O. The fourth-order valence-corrected chi connectivity index (χ4v) is 4.17. The summed E-state index contributed by atoms with van der Waals surface area (Å²) in [6.07, 6.45) is 8.55. The second-order valence-electron chi connectivity index (χ2n) is 6.75. The van der Waals surface area contributed by atoms with E-state index in [0.717, 1.165) is 12.3 Å². The van der Waals surface area contributed by atoms with Crippen molar-refractivity contribution in [2.45, 2.75) is 70.0 Å². The second kappa shape index (κ2) is 4.84. The number of rotatable bonds is 2. The van der Waals surface area contributed by atoms with E-state index in [4.69, 9.17) is 0 Å². The Balaban J connectivity index is 1.59. The monoisotopic (exact) mass is 250 g/mol. The van der Waals surface area contributed by atoms with Crippen molar-refractivity contribution in [2.75, 3.05) is 7.05 Å². The number of fused-ring (bicyclic) bond motifs is 2. The maximum Gasteiger partial charge on any atom is 0.227 e. The fourth-order valence-electron chi connectivity index (χ4n) is 4.17. The molecule has 0 spiro atoms. The van der Waals surface area contributed by atoms with Gasteiger partial charge in [0, 0.05) is 25.2 Å². The molecule has 18 heavy (non-hydrogen) atoms. The lowest BCUT2D eigenvalue weighted by Gasteiger charge is -2.36. The Morgan fingerprint density at radius 3 is 2.39 bits per heavy atom. The van der Waals surface area contributed by atoms with Crippen LogP contribution in [0.15, 0.2) is 0 Å². The van der Waals surface area contributed by atoms with Crippen molar-refractivity contribution in [3.05, 3.63) is 0 Å². The van der Waals surface area contributed by atoms with E-state index in [1.165, 1.54) is 38.5 Å². The van der Waals surface area contributed by atoms with Gasteiger partial charge in [-0.05, 0) is 50.9 Å². The molecule has 2 bridgehead atoms. The summed E-state index contributed by atoms with van der Waals surface area (Å²) in [5.74, 6) is 1.54. The number of hydrogen-bond acceptors (Lipinski definition) is 2. The predicted octanol–water partition coefficient (Wildman–Crippen LogP) is 2.16. The summed E-state index contributed by atoms with van der Waals surface area (Å²) in [6, 6.07) is 1.61. The molecular weight excluding hydrogens is 224 g/mol. The minimum Gasteiger partial charge on any atom is -0.342 e. The van der Waals surface area contributed by atoms with Crippen LogP contribution in [0.2, 0.25) is 0 Å². The van der Waals surface area contributed by atoms with E-state index in [1.807, 2.05) is 7.05 Å². The van der Waals surface area contributed by atoms with Gasteiger partial charge in [0.15, 0.2) is 0 Å². The standard InChI is InChI=1S/C15H26N2O/c1-10-3-6-12(7-4-10)17(2)15(18)13-9-11-5-8-14(13)16-11/h10-14,16H,3-9H2,1-2H3. The first-order chi connectivity index (χ1) is 8.65. The summed E-state index contributed by atoms with van der Waals surface area (Å²) in [5.41, 5.74) is 0. The highest BCUT2D eigenvalue weighted by Crippen LogP contribution is 2.35. The molecule has 102 valence electrons. The van der Waals surface area contributed by atoms with Crippen LogP contribution in [0.5, 0.6) is 0 Å².